The molecule has 2 aliphatic heterocycles. The lowest BCUT2D eigenvalue weighted by molar-refractivity contribution is -0.00116. The Hall–Kier alpha value is -3.05. The van der Waals surface area contributed by atoms with Gasteiger partial charge in [-0.05, 0) is 17.9 Å². The minimum Gasteiger partial charge on any atom is -0.383 e. The van der Waals surface area contributed by atoms with Gasteiger partial charge in [-0.1, -0.05) is 6.07 Å². The molecule has 0 saturated carbocycles. The van der Waals surface area contributed by atoms with E-state index in [1.165, 1.54) is 12.4 Å². The highest BCUT2D eigenvalue weighted by Crippen LogP contribution is 2.36. The fourth-order valence-electron chi connectivity index (χ4n) is 4.92. The quantitative estimate of drug-likeness (QED) is 0.594. The molecule has 0 amide bonds. The van der Waals surface area contributed by atoms with Crippen LogP contribution in [0, 0.1) is 29.3 Å². The highest BCUT2D eigenvalue weighted by atomic mass is 19.1. The normalized spacial score (nSPS) is 22.8. The van der Waals surface area contributed by atoms with Gasteiger partial charge in [-0.2, -0.15) is 5.10 Å². The molecule has 4 heterocycles. The molecule has 2 aromatic heterocycles. The van der Waals surface area contributed by atoms with Crippen LogP contribution in [0.1, 0.15) is 11.4 Å². The molecule has 2 fully saturated rings. The van der Waals surface area contributed by atoms with E-state index >= 15 is 0 Å². The van der Waals surface area contributed by atoms with Crippen molar-refractivity contribution in [3.63, 3.8) is 0 Å². The van der Waals surface area contributed by atoms with Crippen molar-refractivity contribution < 1.29 is 18.3 Å². The van der Waals surface area contributed by atoms with Gasteiger partial charge < -0.3 is 10.0 Å². The van der Waals surface area contributed by atoms with E-state index in [1.807, 2.05) is 4.90 Å². The average molecular weight is 445 g/mol. The lowest BCUT2D eigenvalue weighted by atomic mass is 9.88. The molecule has 5 rings (SSSR count). The van der Waals surface area contributed by atoms with E-state index in [1.54, 1.807) is 0 Å². The molecular weight excluding hydrogens is 423 g/mol. The Morgan fingerprint density at radius 2 is 1.72 bits per heavy atom. The van der Waals surface area contributed by atoms with E-state index in [4.69, 9.17) is 0 Å². The first-order chi connectivity index (χ1) is 15.4. The molecule has 32 heavy (non-hydrogen) atoms. The van der Waals surface area contributed by atoms with Gasteiger partial charge in [0.1, 0.15) is 29.4 Å². The number of H-pyrrole nitrogens is 1. The lowest BCUT2D eigenvalue weighted by Crippen LogP contribution is -2.43. The van der Waals surface area contributed by atoms with Crippen LogP contribution in [0.4, 0.5) is 19.1 Å². The summed E-state index contributed by atoms with van der Waals surface area (Å²) in [6.07, 6.45) is 3.65. The predicted octanol–water partition coefficient (Wildman–Crippen LogP) is 1.51. The van der Waals surface area contributed by atoms with Crippen molar-refractivity contribution in [1.82, 2.24) is 30.0 Å². The van der Waals surface area contributed by atoms with Crippen LogP contribution in [-0.2, 0) is 12.0 Å². The van der Waals surface area contributed by atoms with Crippen LogP contribution in [-0.4, -0.2) is 67.9 Å². The van der Waals surface area contributed by atoms with Crippen molar-refractivity contribution in [3.8, 4) is 0 Å². The van der Waals surface area contributed by atoms with Gasteiger partial charge in [0.05, 0.1) is 12.4 Å². The van der Waals surface area contributed by atoms with Crippen molar-refractivity contribution in [2.24, 2.45) is 11.8 Å². The molecule has 3 atom stereocenters. The Morgan fingerprint density at radius 1 is 1.00 bits per heavy atom. The Kier molecular flexibility index (Phi) is 5.30. The molecule has 11 heteroatoms. The number of anilines is 1. The van der Waals surface area contributed by atoms with Crippen molar-refractivity contribution in [2.45, 2.75) is 12.0 Å². The number of hydrogen-bond acceptors (Lipinski definition) is 7. The van der Waals surface area contributed by atoms with E-state index < -0.39 is 23.1 Å². The maximum atomic E-state index is 14.6. The van der Waals surface area contributed by atoms with E-state index in [0.717, 1.165) is 37.6 Å². The Bertz CT molecular complexity index is 1070. The third kappa shape index (κ3) is 4.05. The fourth-order valence-corrected chi connectivity index (χ4v) is 4.92. The second-order valence-corrected chi connectivity index (χ2v) is 8.59. The number of aromatic amines is 1. The number of fused-ring (bicyclic) bond motifs is 1. The largest absolute Gasteiger partial charge is 0.383 e. The molecule has 0 bridgehead atoms. The summed E-state index contributed by atoms with van der Waals surface area (Å²) in [7, 11) is 0. The van der Waals surface area contributed by atoms with Gasteiger partial charge in [0.15, 0.2) is 5.82 Å². The predicted molar refractivity (Wildman–Crippen MR) is 108 cm³/mol. The molecule has 168 valence electrons. The topological polar surface area (TPSA) is 94.1 Å². The Balaban J connectivity index is 1.31. The summed E-state index contributed by atoms with van der Waals surface area (Å²) in [6.45, 7) is 3.00. The maximum absolute atomic E-state index is 14.6. The number of likely N-dealkylation sites (tertiary alicyclic amines) is 1. The number of β-amino-alcohol motifs (C(OH)–C–C–N with tert-alkyl or cyclic N) is 1. The summed E-state index contributed by atoms with van der Waals surface area (Å²) in [6, 6.07) is 3.20. The average Bonchev–Trinajstić information content (AvgIpc) is 3.45. The first kappa shape index (κ1) is 20.8. The van der Waals surface area contributed by atoms with Gasteiger partial charge in [0.2, 0.25) is 5.95 Å². The highest BCUT2D eigenvalue weighted by molar-refractivity contribution is 5.32. The van der Waals surface area contributed by atoms with Crippen molar-refractivity contribution in [1.29, 1.82) is 0 Å². The Morgan fingerprint density at radius 3 is 2.34 bits per heavy atom. The van der Waals surface area contributed by atoms with Gasteiger partial charge >= 0.3 is 0 Å². The van der Waals surface area contributed by atoms with Crippen LogP contribution in [0.2, 0.25) is 0 Å². The van der Waals surface area contributed by atoms with Gasteiger partial charge in [-0.15, -0.1) is 0 Å². The van der Waals surface area contributed by atoms with Crippen LogP contribution < -0.4 is 4.90 Å². The zero-order valence-corrected chi connectivity index (χ0v) is 17.1. The second-order valence-electron chi connectivity index (χ2n) is 8.59. The van der Waals surface area contributed by atoms with Gasteiger partial charge in [-0.25, -0.2) is 28.1 Å². The zero-order valence-electron chi connectivity index (χ0n) is 17.1. The van der Waals surface area contributed by atoms with Crippen LogP contribution in [0.5, 0.6) is 0 Å². The maximum Gasteiger partial charge on any atom is 0.225 e. The van der Waals surface area contributed by atoms with Crippen LogP contribution in [0.25, 0.3) is 0 Å². The number of halogens is 3. The number of rotatable bonds is 6. The van der Waals surface area contributed by atoms with E-state index in [2.05, 4.69) is 30.0 Å². The minimum absolute atomic E-state index is 0.0108. The summed E-state index contributed by atoms with van der Waals surface area (Å²) in [5, 5.41) is 18.1. The smallest absolute Gasteiger partial charge is 0.225 e. The SMILES string of the molecule is OC(Cc1ncn[nH]1)(CN1CC2CN(c3ncc(F)cn3)CC2C1)c1ccc(F)cc1F. The molecule has 1 aromatic carbocycles. The number of aliphatic hydroxyl groups is 1. The molecule has 8 nitrogen and oxygen atoms in total. The third-order valence-electron chi connectivity index (χ3n) is 6.29. The molecule has 3 unspecified atom stereocenters. The summed E-state index contributed by atoms with van der Waals surface area (Å²) >= 11 is 0. The first-order valence-corrected chi connectivity index (χ1v) is 10.4. The minimum atomic E-state index is -1.62. The van der Waals surface area contributed by atoms with Gasteiger partial charge in [0, 0.05) is 50.8 Å². The van der Waals surface area contributed by atoms with Crippen molar-refractivity contribution in [2.75, 3.05) is 37.6 Å². The molecule has 0 spiro atoms. The van der Waals surface area contributed by atoms with Crippen LogP contribution in [0.15, 0.2) is 36.9 Å². The second kappa shape index (κ2) is 8.14. The number of benzene rings is 1. The molecule has 2 saturated heterocycles. The van der Waals surface area contributed by atoms with Crippen LogP contribution >= 0.6 is 0 Å². The monoisotopic (exact) mass is 445 g/mol. The molecule has 3 aromatic rings. The number of aromatic nitrogens is 5. The number of nitrogens with one attached hydrogen (secondary N) is 1. The van der Waals surface area contributed by atoms with Gasteiger partial charge in [0.25, 0.3) is 0 Å². The lowest BCUT2D eigenvalue weighted by Gasteiger charge is -2.33. The van der Waals surface area contributed by atoms with Crippen molar-refractivity contribution in [3.05, 3.63) is 65.8 Å². The standard InChI is InChI=1S/C21H22F3N7O/c22-15-1-2-17(18(24)3-15)21(32,4-19-27-12-28-29-19)11-30-7-13-9-31(10-14(13)8-30)20-25-5-16(23)6-26-20/h1-3,5-6,12-14,32H,4,7-11H2,(H,27,28,29). The summed E-state index contributed by atoms with van der Waals surface area (Å²) in [4.78, 5) is 16.3. The highest BCUT2D eigenvalue weighted by Gasteiger charge is 2.44. The third-order valence-corrected chi connectivity index (χ3v) is 6.29. The zero-order chi connectivity index (χ0) is 22.3. The van der Waals surface area contributed by atoms with Gasteiger partial charge in [-0.3, -0.25) is 10.00 Å². The van der Waals surface area contributed by atoms with E-state index in [9.17, 15) is 18.3 Å². The number of hydrogen-bond donors (Lipinski definition) is 2. The van der Waals surface area contributed by atoms with E-state index in [-0.39, 0.29) is 18.5 Å². The molecule has 0 radical (unpaired) electrons. The summed E-state index contributed by atoms with van der Waals surface area (Å²) < 4.78 is 41.2. The molecule has 0 aliphatic carbocycles. The molecular formula is C21H22F3N7O. The van der Waals surface area contributed by atoms with E-state index in [0.29, 0.717) is 36.7 Å². The first-order valence-electron chi connectivity index (χ1n) is 10.4. The van der Waals surface area contributed by atoms with Crippen molar-refractivity contribution >= 4 is 5.95 Å². The molecule has 2 aliphatic rings. The molecule has 2 N–H and O–H groups in total. The number of nitrogens with zero attached hydrogens (tertiary/aromatic N) is 6. The summed E-state index contributed by atoms with van der Waals surface area (Å²) in [5.74, 6) is -0.429. The summed E-state index contributed by atoms with van der Waals surface area (Å²) in [5.41, 5.74) is -1.59. The van der Waals surface area contributed by atoms with Crippen LogP contribution in [0.3, 0.4) is 0 Å². The fraction of sp³-hybridized carbons (Fsp3) is 0.429. The Labute approximate surface area is 182 Å².